The van der Waals surface area contributed by atoms with Gasteiger partial charge >= 0.3 is 47.8 Å². The van der Waals surface area contributed by atoms with Crippen molar-refractivity contribution in [3.63, 3.8) is 0 Å². The van der Waals surface area contributed by atoms with E-state index in [1.807, 2.05) is 0 Å². The second-order valence-corrected chi connectivity index (χ2v) is 13.7. The Labute approximate surface area is 357 Å². The van der Waals surface area contributed by atoms with Crippen LogP contribution in [-0.4, -0.2) is 134 Å². The van der Waals surface area contributed by atoms with E-state index in [1.54, 1.807) is 0 Å². The number of nitrogens with one attached hydrogen (secondary N) is 2. The molecule has 22 heteroatoms. The highest BCUT2D eigenvalue weighted by Gasteiger charge is 2.54. The lowest BCUT2D eigenvalue weighted by molar-refractivity contribution is -0.257. The van der Waals surface area contributed by atoms with Gasteiger partial charge in [0.25, 0.3) is 0 Å². The van der Waals surface area contributed by atoms with E-state index in [1.165, 1.54) is 0 Å². The Morgan fingerprint density at radius 3 is 1.00 bits per heavy atom. The lowest BCUT2D eigenvalue weighted by Gasteiger charge is -2.44. The number of ether oxygens (including phenoxy) is 10. The minimum atomic E-state index is -1.45. The van der Waals surface area contributed by atoms with E-state index in [9.17, 15) is 47.9 Å². The van der Waals surface area contributed by atoms with Crippen LogP contribution >= 0.6 is 0 Å². The van der Waals surface area contributed by atoms with E-state index in [0.717, 1.165) is 55.4 Å². The maximum Gasteiger partial charge on any atom is 0.303 e. The van der Waals surface area contributed by atoms with Crippen molar-refractivity contribution >= 4 is 59.6 Å². The van der Waals surface area contributed by atoms with Gasteiger partial charge in [-0.25, -0.2) is 0 Å². The Kier molecular flexibility index (Phi) is 21.9. The normalized spacial score (nSPS) is 24.9. The van der Waals surface area contributed by atoms with Crippen LogP contribution in [0.4, 0.5) is 0 Å². The average molecular weight is 881 g/mol. The SMILES string of the molecule is CC(=O)OC[C@H]1O[C@@H](NC(=O)CCCC#CC#CCCCC(=O)N[C@@H]2O[C@H](COC(C)=O)[C@@H](OC(C)=O)[C@H](OC(C)=O)[C@H]2OC(C)=O)[C@H](OC(C)=O)[C@@H](OC(C)=O)[C@@H]1OC(C)=O. The number of carbonyl (C=O) groups is 10. The molecule has 0 aromatic carbocycles. The Morgan fingerprint density at radius 1 is 0.419 bits per heavy atom. The molecule has 62 heavy (non-hydrogen) atoms. The second kappa shape index (κ2) is 26.2. The summed E-state index contributed by atoms with van der Waals surface area (Å²) in [5.41, 5.74) is 0. The first-order chi connectivity index (χ1) is 29.2. The summed E-state index contributed by atoms with van der Waals surface area (Å²) in [6.07, 6.45) is -13.0. The standard InChI is InChI=1S/C40H52N2O20/c1-21(43)53-19-29-33(55-23(3)45)35(57-25(5)47)37(59-27(7)49)39(61-29)41-31(51)17-15-13-11-9-10-12-14-16-18-32(52)42-40-38(60-28(8)50)36(58-26(6)48)34(56-24(4)46)30(62-40)20-54-22(2)44/h29-30,33-40H,13-20H2,1-8H3,(H,41,51)(H,42,52)/t29-,30-,33-,34-,35+,36+,37-,38-,39-,40-/m1/s1. The molecular formula is C40H52N2O20. The van der Waals surface area contributed by atoms with Gasteiger partial charge in [-0.05, 0) is 24.7 Å². The molecule has 2 amide bonds. The summed E-state index contributed by atoms with van der Waals surface area (Å²) >= 11 is 0. The van der Waals surface area contributed by atoms with Gasteiger partial charge in [0.1, 0.15) is 25.4 Å². The summed E-state index contributed by atoms with van der Waals surface area (Å²) in [5.74, 6) is 3.49. The summed E-state index contributed by atoms with van der Waals surface area (Å²) in [7, 11) is 0. The molecule has 0 unspecified atom stereocenters. The second-order valence-electron chi connectivity index (χ2n) is 13.7. The fraction of sp³-hybridized carbons (Fsp3) is 0.650. The molecule has 0 spiro atoms. The van der Waals surface area contributed by atoms with Crippen LogP contribution in [0.1, 0.15) is 93.9 Å². The number of rotatable bonds is 18. The lowest BCUT2D eigenvalue weighted by Crippen LogP contribution is -2.66. The van der Waals surface area contributed by atoms with Gasteiger partial charge in [0.15, 0.2) is 49.1 Å². The van der Waals surface area contributed by atoms with Crippen molar-refractivity contribution in [2.75, 3.05) is 13.2 Å². The Morgan fingerprint density at radius 2 is 0.710 bits per heavy atom. The van der Waals surface area contributed by atoms with Gasteiger partial charge < -0.3 is 58.0 Å². The van der Waals surface area contributed by atoms with Crippen LogP contribution in [0.25, 0.3) is 0 Å². The Hall–Kier alpha value is -6.26. The third-order valence-electron chi connectivity index (χ3n) is 8.24. The molecule has 342 valence electrons. The number of carbonyl (C=O) groups excluding carboxylic acids is 10. The highest BCUT2D eigenvalue weighted by molar-refractivity contribution is 5.77. The Balaban J connectivity index is 1.99. The molecule has 0 bridgehead atoms. The average Bonchev–Trinajstić information content (AvgIpc) is 3.14. The molecule has 10 atom stereocenters. The highest BCUT2D eigenvalue weighted by Crippen LogP contribution is 2.30. The smallest absolute Gasteiger partial charge is 0.303 e. The topological polar surface area (TPSA) is 287 Å². The van der Waals surface area contributed by atoms with Gasteiger partial charge in [-0.3, -0.25) is 47.9 Å². The molecule has 0 radical (unpaired) electrons. The maximum atomic E-state index is 12.9. The number of hydrogen-bond acceptors (Lipinski definition) is 20. The lowest BCUT2D eigenvalue weighted by atomic mass is 9.97. The molecule has 2 saturated heterocycles. The monoisotopic (exact) mass is 880 g/mol. The quantitative estimate of drug-likeness (QED) is 0.0775. The van der Waals surface area contributed by atoms with Gasteiger partial charge in [0.05, 0.1) is 0 Å². The van der Waals surface area contributed by atoms with Crippen LogP contribution in [-0.2, 0) is 95.3 Å². The fourth-order valence-corrected chi connectivity index (χ4v) is 6.04. The summed E-state index contributed by atoms with van der Waals surface area (Å²) in [4.78, 5) is 121. The summed E-state index contributed by atoms with van der Waals surface area (Å²) in [5, 5.41) is 5.13. The number of unbranched alkanes of at least 4 members (excludes halogenated alkanes) is 2. The molecular weight excluding hydrogens is 828 g/mol. The summed E-state index contributed by atoms with van der Waals surface area (Å²) in [6, 6.07) is 0. The predicted molar refractivity (Wildman–Crippen MR) is 203 cm³/mol. The van der Waals surface area contributed by atoms with Crippen molar-refractivity contribution in [3.05, 3.63) is 0 Å². The van der Waals surface area contributed by atoms with Crippen molar-refractivity contribution in [2.45, 2.75) is 155 Å². The maximum absolute atomic E-state index is 12.9. The summed E-state index contributed by atoms with van der Waals surface area (Å²) < 4.78 is 53.8. The van der Waals surface area contributed by atoms with Crippen molar-refractivity contribution in [1.29, 1.82) is 0 Å². The van der Waals surface area contributed by atoms with Gasteiger partial charge in [0, 0.05) is 81.1 Å². The minimum Gasteiger partial charge on any atom is -0.463 e. The molecule has 2 fully saturated rings. The molecule has 2 N–H and O–H groups in total. The number of hydrogen-bond donors (Lipinski definition) is 2. The van der Waals surface area contributed by atoms with Gasteiger partial charge in [-0.15, -0.1) is 0 Å². The first kappa shape index (κ1) is 51.9. The van der Waals surface area contributed by atoms with Gasteiger partial charge in [-0.1, -0.05) is 11.8 Å². The molecule has 0 saturated carbocycles. The first-order valence-corrected chi connectivity index (χ1v) is 19.3. The van der Waals surface area contributed by atoms with E-state index in [2.05, 4.69) is 34.3 Å². The highest BCUT2D eigenvalue weighted by atomic mass is 16.7. The van der Waals surface area contributed by atoms with Crippen LogP contribution in [0.3, 0.4) is 0 Å². The molecule has 0 aromatic heterocycles. The van der Waals surface area contributed by atoms with E-state index in [0.29, 0.717) is 0 Å². The Bertz CT molecular complexity index is 1660. The van der Waals surface area contributed by atoms with Crippen LogP contribution in [0.2, 0.25) is 0 Å². The third-order valence-corrected chi connectivity index (χ3v) is 8.24. The zero-order valence-electron chi connectivity index (χ0n) is 35.6. The third kappa shape index (κ3) is 19.0. The molecule has 2 rings (SSSR count). The predicted octanol–water partition coefficient (Wildman–Crippen LogP) is -0.268. The molecule has 2 aliphatic heterocycles. The number of amides is 2. The van der Waals surface area contributed by atoms with E-state index < -0.39 is 134 Å². The van der Waals surface area contributed by atoms with Crippen molar-refractivity contribution < 1.29 is 95.3 Å². The largest absolute Gasteiger partial charge is 0.463 e. The molecule has 2 aliphatic rings. The molecule has 0 aromatic rings. The fourth-order valence-electron chi connectivity index (χ4n) is 6.04. The van der Waals surface area contributed by atoms with E-state index in [-0.39, 0.29) is 38.5 Å². The van der Waals surface area contributed by atoms with Crippen molar-refractivity contribution in [1.82, 2.24) is 10.6 Å². The number of esters is 8. The van der Waals surface area contributed by atoms with E-state index >= 15 is 0 Å². The zero-order chi connectivity index (χ0) is 46.5. The first-order valence-electron chi connectivity index (χ1n) is 19.3. The molecule has 22 nitrogen and oxygen atoms in total. The van der Waals surface area contributed by atoms with Crippen LogP contribution in [0, 0.1) is 23.7 Å². The van der Waals surface area contributed by atoms with Crippen LogP contribution in [0.15, 0.2) is 0 Å². The molecule has 2 heterocycles. The van der Waals surface area contributed by atoms with Crippen LogP contribution < -0.4 is 10.6 Å². The van der Waals surface area contributed by atoms with Crippen LogP contribution in [0.5, 0.6) is 0 Å². The molecule has 0 aliphatic carbocycles. The van der Waals surface area contributed by atoms with Gasteiger partial charge in [0.2, 0.25) is 11.8 Å². The van der Waals surface area contributed by atoms with E-state index in [4.69, 9.17) is 47.4 Å². The van der Waals surface area contributed by atoms with Crippen molar-refractivity contribution in [3.8, 4) is 23.7 Å². The summed E-state index contributed by atoms with van der Waals surface area (Å²) in [6.45, 7) is 7.82. The minimum absolute atomic E-state index is 0.0797. The zero-order valence-corrected chi connectivity index (χ0v) is 35.6. The van der Waals surface area contributed by atoms with Gasteiger partial charge in [-0.2, -0.15) is 0 Å². The van der Waals surface area contributed by atoms with Crippen molar-refractivity contribution in [2.24, 2.45) is 0 Å².